The van der Waals surface area contributed by atoms with Crippen molar-refractivity contribution in [2.45, 2.75) is 39.4 Å². The predicted molar refractivity (Wildman–Crippen MR) is 86.4 cm³/mol. The van der Waals surface area contributed by atoms with Crippen molar-refractivity contribution < 1.29 is 5.11 Å². The molecular formula is C17H21ClN2O. The second-order valence-corrected chi connectivity index (χ2v) is 5.71. The van der Waals surface area contributed by atoms with Crippen molar-refractivity contribution in [1.82, 2.24) is 9.88 Å². The molecule has 0 aliphatic carbocycles. The summed E-state index contributed by atoms with van der Waals surface area (Å²) in [7, 11) is 0. The van der Waals surface area contributed by atoms with Crippen LogP contribution in [0.4, 0.5) is 0 Å². The molecule has 0 saturated carbocycles. The third kappa shape index (κ3) is 4.45. The Bertz CT molecular complexity index is 574. The standard InChI is InChI=1S/C17H21ClN2O/c1-3-13(2)20(11-14-6-8-19-9-7-14)12-15-4-5-17(21)16(18)10-15/h4-10,13,21H,3,11-12H2,1-2H3/t13-/m0/s1. The van der Waals surface area contributed by atoms with Crippen molar-refractivity contribution in [2.24, 2.45) is 0 Å². The quantitative estimate of drug-likeness (QED) is 0.867. The van der Waals surface area contributed by atoms with Crippen LogP contribution in [0.5, 0.6) is 5.75 Å². The zero-order chi connectivity index (χ0) is 15.2. The summed E-state index contributed by atoms with van der Waals surface area (Å²) in [6.07, 6.45) is 4.72. The first kappa shape index (κ1) is 15.8. The van der Waals surface area contributed by atoms with E-state index in [9.17, 15) is 5.11 Å². The number of rotatable bonds is 6. The number of phenolic OH excluding ortho intramolecular Hbond substituents is 1. The maximum Gasteiger partial charge on any atom is 0.134 e. The lowest BCUT2D eigenvalue weighted by atomic mass is 10.1. The van der Waals surface area contributed by atoms with Gasteiger partial charge in [0.15, 0.2) is 0 Å². The highest BCUT2D eigenvalue weighted by atomic mass is 35.5. The zero-order valence-corrected chi connectivity index (χ0v) is 13.2. The Balaban J connectivity index is 2.14. The van der Waals surface area contributed by atoms with E-state index in [2.05, 4.69) is 23.7 Å². The van der Waals surface area contributed by atoms with Crippen LogP contribution in [0.15, 0.2) is 42.7 Å². The molecule has 2 aromatic rings. The van der Waals surface area contributed by atoms with Crippen molar-refractivity contribution in [2.75, 3.05) is 0 Å². The number of hydrogen-bond donors (Lipinski definition) is 1. The van der Waals surface area contributed by atoms with Crippen LogP contribution in [0.25, 0.3) is 0 Å². The van der Waals surface area contributed by atoms with E-state index < -0.39 is 0 Å². The van der Waals surface area contributed by atoms with Gasteiger partial charge in [0, 0.05) is 31.5 Å². The minimum atomic E-state index is 0.129. The Morgan fingerprint density at radius 2 is 1.81 bits per heavy atom. The van der Waals surface area contributed by atoms with Crippen LogP contribution in [0, 0.1) is 0 Å². The number of hydrogen-bond acceptors (Lipinski definition) is 3. The highest BCUT2D eigenvalue weighted by Gasteiger charge is 2.14. The molecule has 0 spiro atoms. The minimum absolute atomic E-state index is 0.129. The number of phenols is 1. The van der Waals surface area contributed by atoms with Crippen LogP contribution in [-0.4, -0.2) is 21.0 Å². The fourth-order valence-electron chi connectivity index (χ4n) is 2.23. The number of halogens is 1. The largest absolute Gasteiger partial charge is 0.506 e. The van der Waals surface area contributed by atoms with Crippen LogP contribution >= 0.6 is 11.6 Å². The molecule has 0 saturated heterocycles. The van der Waals surface area contributed by atoms with Gasteiger partial charge >= 0.3 is 0 Å². The molecule has 0 fully saturated rings. The second-order valence-electron chi connectivity index (χ2n) is 5.30. The molecule has 0 aliphatic rings. The Labute approximate surface area is 131 Å². The van der Waals surface area contributed by atoms with E-state index in [-0.39, 0.29) is 5.75 Å². The van der Waals surface area contributed by atoms with E-state index >= 15 is 0 Å². The van der Waals surface area contributed by atoms with Gasteiger partial charge in [-0.3, -0.25) is 9.88 Å². The number of nitrogens with zero attached hydrogens (tertiary/aromatic N) is 2. The van der Waals surface area contributed by atoms with E-state index in [0.29, 0.717) is 11.1 Å². The van der Waals surface area contributed by atoms with Crippen LogP contribution in [0.2, 0.25) is 5.02 Å². The first-order chi connectivity index (χ1) is 10.1. The smallest absolute Gasteiger partial charge is 0.134 e. The first-order valence-electron chi connectivity index (χ1n) is 7.20. The molecule has 21 heavy (non-hydrogen) atoms. The average Bonchev–Trinajstić information content (AvgIpc) is 2.50. The number of aromatic hydroxyl groups is 1. The molecular weight excluding hydrogens is 284 g/mol. The maximum atomic E-state index is 9.52. The molecule has 1 heterocycles. The molecule has 0 bridgehead atoms. The lowest BCUT2D eigenvalue weighted by molar-refractivity contribution is 0.186. The van der Waals surface area contributed by atoms with E-state index in [1.165, 1.54) is 5.56 Å². The lowest BCUT2D eigenvalue weighted by Crippen LogP contribution is -2.31. The van der Waals surface area contributed by atoms with Gasteiger partial charge < -0.3 is 5.11 Å². The first-order valence-corrected chi connectivity index (χ1v) is 7.58. The Morgan fingerprint density at radius 1 is 1.14 bits per heavy atom. The van der Waals surface area contributed by atoms with Gasteiger partial charge in [-0.25, -0.2) is 0 Å². The summed E-state index contributed by atoms with van der Waals surface area (Å²) < 4.78 is 0. The normalized spacial score (nSPS) is 12.6. The predicted octanol–water partition coefficient (Wildman–Crippen LogP) is 4.24. The molecule has 1 atom stereocenters. The molecule has 4 heteroatoms. The van der Waals surface area contributed by atoms with Gasteiger partial charge in [0.1, 0.15) is 5.75 Å². The van der Waals surface area contributed by atoms with E-state index in [1.807, 2.05) is 36.7 Å². The second kappa shape index (κ2) is 7.43. The van der Waals surface area contributed by atoms with E-state index in [4.69, 9.17) is 11.6 Å². The fourth-order valence-corrected chi connectivity index (χ4v) is 2.43. The van der Waals surface area contributed by atoms with Gasteiger partial charge in [0.25, 0.3) is 0 Å². The summed E-state index contributed by atoms with van der Waals surface area (Å²) in [5, 5.41) is 9.92. The summed E-state index contributed by atoms with van der Waals surface area (Å²) in [6, 6.07) is 9.95. The van der Waals surface area contributed by atoms with Gasteiger partial charge in [-0.1, -0.05) is 24.6 Å². The van der Waals surface area contributed by atoms with E-state index in [0.717, 1.165) is 25.1 Å². The Morgan fingerprint density at radius 3 is 2.43 bits per heavy atom. The van der Waals surface area contributed by atoms with Crippen LogP contribution < -0.4 is 0 Å². The third-order valence-corrected chi connectivity index (χ3v) is 4.05. The summed E-state index contributed by atoms with van der Waals surface area (Å²) in [4.78, 5) is 6.46. The van der Waals surface area contributed by atoms with Crippen molar-refractivity contribution in [3.8, 4) is 5.75 Å². The highest BCUT2D eigenvalue weighted by molar-refractivity contribution is 6.32. The Kier molecular flexibility index (Phi) is 5.59. The summed E-state index contributed by atoms with van der Waals surface area (Å²) >= 11 is 5.99. The summed E-state index contributed by atoms with van der Waals surface area (Å²) in [6.45, 7) is 6.09. The molecule has 1 aromatic carbocycles. The summed E-state index contributed by atoms with van der Waals surface area (Å²) in [5.41, 5.74) is 2.35. The molecule has 0 radical (unpaired) electrons. The van der Waals surface area contributed by atoms with Crippen molar-refractivity contribution in [3.63, 3.8) is 0 Å². The summed E-state index contributed by atoms with van der Waals surface area (Å²) in [5.74, 6) is 0.129. The maximum absolute atomic E-state index is 9.52. The van der Waals surface area contributed by atoms with Crippen LogP contribution in [0.3, 0.4) is 0 Å². The number of pyridine rings is 1. The third-order valence-electron chi connectivity index (χ3n) is 3.75. The molecule has 112 valence electrons. The molecule has 1 N–H and O–H groups in total. The fraction of sp³-hybridized carbons (Fsp3) is 0.353. The van der Waals surface area contributed by atoms with Gasteiger partial charge in [0.2, 0.25) is 0 Å². The molecule has 0 unspecified atom stereocenters. The SMILES string of the molecule is CC[C@H](C)N(Cc1ccncc1)Cc1ccc(O)c(Cl)c1. The van der Waals surface area contributed by atoms with Gasteiger partial charge in [0.05, 0.1) is 5.02 Å². The molecule has 3 nitrogen and oxygen atoms in total. The molecule has 0 amide bonds. The van der Waals surface area contributed by atoms with Gasteiger partial charge in [-0.15, -0.1) is 0 Å². The Hall–Kier alpha value is -1.58. The van der Waals surface area contributed by atoms with Gasteiger partial charge in [-0.2, -0.15) is 0 Å². The number of benzene rings is 1. The number of aromatic nitrogens is 1. The highest BCUT2D eigenvalue weighted by Crippen LogP contribution is 2.25. The van der Waals surface area contributed by atoms with Crippen molar-refractivity contribution in [3.05, 3.63) is 58.9 Å². The molecule has 1 aromatic heterocycles. The molecule has 2 rings (SSSR count). The zero-order valence-electron chi connectivity index (χ0n) is 12.5. The topological polar surface area (TPSA) is 36.4 Å². The van der Waals surface area contributed by atoms with Crippen molar-refractivity contribution in [1.29, 1.82) is 0 Å². The van der Waals surface area contributed by atoms with Crippen LogP contribution in [0.1, 0.15) is 31.4 Å². The lowest BCUT2D eigenvalue weighted by Gasteiger charge is -2.28. The average molecular weight is 305 g/mol. The minimum Gasteiger partial charge on any atom is -0.506 e. The van der Waals surface area contributed by atoms with E-state index in [1.54, 1.807) is 6.07 Å². The van der Waals surface area contributed by atoms with Crippen molar-refractivity contribution >= 4 is 11.6 Å². The monoisotopic (exact) mass is 304 g/mol. The molecule has 0 aliphatic heterocycles. The van der Waals surface area contributed by atoms with Gasteiger partial charge in [-0.05, 0) is 48.7 Å². The van der Waals surface area contributed by atoms with Crippen LogP contribution in [-0.2, 0) is 13.1 Å².